The topological polar surface area (TPSA) is 60.0 Å². The molecule has 2 aromatic carbocycles. The molecule has 2 unspecified atom stereocenters. The van der Waals surface area contributed by atoms with Crippen LogP contribution in [0.3, 0.4) is 0 Å². The number of methoxy groups -OCH3 is 1. The van der Waals surface area contributed by atoms with Gasteiger partial charge < -0.3 is 24.4 Å². The Kier molecular flexibility index (Phi) is 5.90. The summed E-state index contributed by atoms with van der Waals surface area (Å²) in [7, 11) is 1.64. The zero-order valence-corrected chi connectivity index (χ0v) is 17.0. The van der Waals surface area contributed by atoms with Crippen molar-refractivity contribution in [2.24, 2.45) is 0 Å². The summed E-state index contributed by atoms with van der Waals surface area (Å²) in [4.78, 5) is 15.2. The van der Waals surface area contributed by atoms with Crippen LogP contribution in [0.1, 0.15) is 48.3 Å². The van der Waals surface area contributed by atoms with Gasteiger partial charge in [0.15, 0.2) is 11.5 Å². The third-order valence-corrected chi connectivity index (χ3v) is 5.41. The van der Waals surface area contributed by atoms with Crippen LogP contribution >= 0.6 is 0 Å². The Morgan fingerprint density at radius 1 is 1.21 bits per heavy atom. The first-order valence-electron chi connectivity index (χ1n) is 10.3. The second-order valence-corrected chi connectivity index (χ2v) is 7.44. The first-order valence-corrected chi connectivity index (χ1v) is 10.3. The first kappa shape index (κ1) is 19.6. The second-order valence-electron chi connectivity index (χ2n) is 7.44. The molecule has 0 radical (unpaired) electrons. The summed E-state index contributed by atoms with van der Waals surface area (Å²) in [5, 5.41) is 3.54. The third-order valence-electron chi connectivity index (χ3n) is 5.41. The van der Waals surface area contributed by atoms with Crippen LogP contribution in [0.4, 0.5) is 5.69 Å². The molecule has 6 nitrogen and oxygen atoms in total. The lowest BCUT2D eigenvalue weighted by Crippen LogP contribution is -2.46. The van der Waals surface area contributed by atoms with Crippen LogP contribution in [-0.2, 0) is 4.74 Å². The minimum Gasteiger partial charge on any atom is -0.493 e. The number of benzene rings is 2. The predicted molar refractivity (Wildman–Crippen MR) is 112 cm³/mol. The van der Waals surface area contributed by atoms with Gasteiger partial charge in [0.1, 0.15) is 6.17 Å². The van der Waals surface area contributed by atoms with Gasteiger partial charge in [-0.15, -0.1) is 0 Å². The lowest BCUT2D eigenvalue weighted by atomic mass is 10.0. The summed E-state index contributed by atoms with van der Waals surface area (Å²) >= 11 is 0. The van der Waals surface area contributed by atoms with Gasteiger partial charge in [-0.3, -0.25) is 4.79 Å². The van der Waals surface area contributed by atoms with Crippen LogP contribution in [0, 0.1) is 0 Å². The third kappa shape index (κ3) is 4.03. The number of hydrogen-bond donors (Lipinski definition) is 1. The Hall–Kier alpha value is -2.73. The van der Waals surface area contributed by atoms with Gasteiger partial charge in [-0.05, 0) is 49.1 Å². The average molecular weight is 396 g/mol. The Balaban J connectivity index is 1.69. The highest BCUT2D eigenvalue weighted by atomic mass is 16.5. The number of rotatable bonds is 7. The summed E-state index contributed by atoms with van der Waals surface area (Å²) in [6.07, 6.45) is 2.70. The van der Waals surface area contributed by atoms with Crippen molar-refractivity contribution < 1.29 is 19.0 Å². The number of nitrogens with one attached hydrogen (secondary N) is 1. The molecule has 2 aliphatic rings. The van der Waals surface area contributed by atoms with Crippen molar-refractivity contribution >= 4 is 11.6 Å². The maximum atomic E-state index is 13.3. The Morgan fingerprint density at radius 2 is 2.07 bits per heavy atom. The van der Waals surface area contributed by atoms with E-state index in [4.69, 9.17) is 14.2 Å². The molecule has 0 bridgehead atoms. The van der Waals surface area contributed by atoms with Crippen LogP contribution in [-0.4, -0.2) is 43.8 Å². The lowest BCUT2D eigenvalue weighted by molar-refractivity contribution is 0.0426. The number of carbonyl (C=O) groups is 1. The van der Waals surface area contributed by atoms with Crippen LogP contribution in [0.15, 0.2) is 42.5 Å². The van der Waals surface area contributed by atoms with Gasteiger partial charge in [0.25, 0.3) is 5.91 Å². The largest absolute Gasteiger partial charge is 0.493 e. The highest BCUT2D eigenvalue weighted by molar-refractivity contribution is 6.01. The Morgan fingerprint density at radius 3 is 2.83 bits per heavy atom. The van der Waals surface area contributed by atoms with Gasteiger partial charge in [0, 0.05) is 18.8 Å². The van der Waals surface area contributed by atoms with Crippen LogP contribution in [0.2, 0.25) is 0 Å². The van der Waals surface area contributed by atoms with Gasteiger partial charge >= 0.3 is 0 Å². The number of fused-ring (bicyclic) bond motifs is 1. The molecule has 2 aliphatic heterocycles. The van der Waals surface area contributed by atoms with Gasteiger partial charge in [-0.25, -0.2) is 0 Å². The lowest BCUT2D eigenvalue weighted by Gasteiger charge is -2.39. The molecule has 2 atom stereocenters. The molecule has 0 saturated carbocycles. The molecule has 1 fully saturated rings. The first-order chi connectivity index (χ1) is 14.2. The number of carbonyl (C=O) groups excluding carboxylic acids is 1. The van der Waals surface area contributed by atoms with Crippen molar-refractivity contribution in [1.82, 2.24) is 4.90 Å². The van der Waals surface area contributed by atoms with Crippen LogP contribution < -0.4 is 14.8 Å². The summed E-state index contributed by atoms with van der Waals surface area (Å²) in [5.41, 5.74) is 2.49. The molecule has 0 aliphatic carbocycles. The zero-order valence-electron chi connectivity index (χ0n) is 17.0. The minimum absolute atomic E-state index is 0.0201. The average Bonchev–Trinajstić information content (AvgIpc) is 3.27. The molecular formula is C23H28N2O4. The smallest absolute Gasteiger partial charge is 0.257 e. The highest BCUT2D eigenvalue weighted by Crippen LogP contribution is 2.37. The van der Waals surface area contributed by atoms with E-state index in [-0.39, 0.29) is 18.2 Å². The number of anilines is 1. The van der Waals surface area contributed by atoms with E-state index in [1.54, 1.807) is 7.11 Å². The van der Waals surface area contributed by atoms with Crippen molar-refractivity contribution in [3.05, 3.63) is 53.6 Å². The number of nitrogens with zero attached hydrogens (tertiary/aromatic N) is 1. The molecule has 154 valence electrons. The van der Waals surface area contributed by atoms with E-state index in [1.165, 1.54) is 0 Å². The maximum Gasteiger partial charge on any atom is 0.257 e. The highest BCUT2D eigenvalue weighted by Gasteiger charge is 2.35. The summed E-state index contributed by atoms with van der Waals surface area (Å²) in [5.74, 6) is 1.40. The molecule has 0 spiro atoms. The fourth-order valence-corrected chi connectivity index (χ4v) is 3.94. The van der Waals surface area contributed by atoms with Crippen molar-refractivity contribution in [3.8, 4) is 11.5 Å². The van der Waals surface area contributed by atoms with Gasteiger partial charge in [0.2, 0.25) is 0 Å². The van der Waals surface area contributed by atoms with E-state index in [0.29, 0.717) is 30.2 Å². The summed E-state index contributed by atoms with van der Waals surface area (Å²) in [6, 6.07) is 13.5. The molecule has 4 rings (SSSR count). The molecule has 6 heteroatoms. The van der Waals surface area contributed by atoms with Crippen LogP contribution in [0.25, 0.3) is 0 Å². The van der Waals surface area contributed by atoms with Crippen molar-refractivity contribution in [1.29, 1.82) is 0 Å². The second kappa shape index (κ2) is 8.74. The number of amides is 1. The van der Waals surface area contributed by atoms with Crippen LogP contribution in [0.5, 0.6) is 11.5 Å². The number of ether oxygens (including phenoxy) is 3. The van der Waals surface area contributed by atoms with E-state index in [0.717, 1.165) is 37.1 Å². The summed E-state index contributed by atoms with van der Waals surface area (Å²) < 4.78 is 17.2. The standard InChI is InChI=1S/C23H28N2O4/c1-3-12-29-21-14-16(10-11-20(21)27-2)22-24-19-9-5-4-8-18(19)23(26)25(22)15-17-7-6-13-28-17/h4-5,8-11,14,17,22,24H,3,6-7,12-13,15H2,1-2H3. The van der Waals surface area contributed by atoms with E-state index in [2.05, 4.69) is 12.2 Å². The molecule has 2 aromatic rings. The molecular weight excluding hydrogens is 368 g/mol. The van der Waals surface area contributed by atoms with E-state index in [1.807, 2.05) is 47.4 Å². The quantitative estimate of drug-likeness (QED) is 0.759. The molecule has 1 amide bonds. The fraction of sp³-hybridized carbons (Fsp3) is 0.435. The molecule has 1 saturated heterocycles. The van der Waals surface area contributed by atoms with E-state index < -0.39 is 0 Å². The van der Waals surface area contributed by atoms with Gasteiger partial charge in [-0.2, -0.15) is 0 Å². The monoisotopic (exact) mass is 396 g/mol. The van der Waals surface area contributed by atoms with E-state index >= 15 is 0 Å². The fourth-order valence-electron chi connectivity index (χ4n) is 3.94. The molecule has 29 heavy (non-hydrogen) atoms. The molecule has 0 aromatic heterocycles. The number of hydrogen-bond acceptors (Lipinski definition) is 5. The van der Waals surface area contributed by atoms with Crippen molar-refractivity contribution in [2.75, 3.05) is 32.2 Å². The van der Waals surface area contributed by atoms with Gasteiger partial charge in [-0.1, -0.05) is 25.1 Å². The normalized spacial score (nSPS) is 20.9. The molecule has 2 heterocycles. The zero-order chi connectivity index (χ0) is 20.2. The van der Waals surface area contributed by atoms with Gasteiger partial charge in [0.05, 0.1) is 25.4 Å². The predicted octanol–water partition coefficient (Wildman–Crippen LogP) is 4.23. The SMILES string of the molecule is CCCOc1cc(C2Nc3ccccc3C(=O)N2CC2CCCO2)ccc1OC. The Bertz CT molecular complexity index is 864. The number of para-hydroxylation sites is 1. The molecule has 1 N–H and O–H groups in total. The van der Waals surface area contributed by atoms with E-state index in [9.17, 15) is 4.79 Å². The summed E-state index contributed by atoms with van der Waals surface area (Å²) in [6.45, 7) is 4.00. The minimum atomic E-state index is -0.295. The van der Waals surface area contributed by atoms with Crippen molar-refractivity contribution in [3.63, 3.8) is 0 Å². The Labute approximate surface area is 171 Å². The van der Waals surface area contributed by atoms with Crippen molar-refractivity contribution in [2.45, 2.75) is 38.5 Å². The maximum absolute atomic E-state index is 13.3.